The summed E-state index contributed by atoms with van der Waals surface area (Å²) in [5.74, 6) is -1.27. The molecule has 0 radical (unpaired) electrons. The van der Waals surface area contributed by atoms with Gasteiger partial charge in [0.05, 0.1) is 5.38 Å². The van der Waals surface area contributed by atoms with Crippen LogP contribution in [0.15, 0.2) is 42.5 Å². The van der Waals surface area contributed by atoms with Crippen molar-refractivity contribution in [3.05, 3.63) is 70.8 Å². The number of hydrogen-bond donors (Lipinski definition) is 0. The molecule has 0 bridgehead atoms. The van der Waals surface area contributed by atoms with Crippen molar-refractivity contribution in [2.24, 2.45) is 0 Å². The van der Waals surface area contributed by atoms with Crippen LogP contribution in [0.2, 0.25) is 0 Å². The van der Waals surface area contributed by atoms with Crippen LogP contribution in [0, 0.1) is 11.6 Å². The van der Waals surface area contributed by atoms with Crippen LogP contribution >= 0.6 is 11.6 Å². The summed E-state index contributed by atoms with van der Waals surface area (Å²) in [7, 11) is 0. The Labute approximate surface area is 123 Å². The molecule has 0 saturated heterocycles. The zero-order valence-electron chi connectivity index (χ0n) is 11.5. The molecule has 0 aliphatic rings. The average molecular weight is 295 g/mol. The third-order valence-corrected chi connectivity index (χ3v) is 4.15. The lowest BCUT2D eigenvalue weighted by molar-refractivity contribution is 0.500. The minimum Gasteiger partial charge on any atom is -0.204 e. The van der Waals surface area contributed by atoms with Gasteiger partial charge in [-0.1, -0.05) is 50.2 Å². The fourth-order valence-electron chi connectivity index (χ4n) is 2.12. The first kappa shape index (κ1) is 15.0. The van der Waals surface area contributed by atoms with E-state index in [0.29, 0.717) is 5.92 Å². The van der Waals surface area contributed by atoms with Crippen molar-refractivity contribution >= 4 is 11.6 Å². The van der Waals surface area contributed by atoms with Gasteiger partial charge in [0.15, 0.2) is 11.6 Å². The number of rotatable bonds is 4. The molecule has 0 saturated carbocycles. The molecular weight excluding hydrogens is 278 g/mol. The first-order chi connectivity index (χ1) is 9.54. The van der Waals surface area contributed by atoms with Crippen molar-refractivity contribution in [2.45, 2.75) is 31.6 Å². The Hall–Kier alpha value is -1.41. The fraction of sp³-hybridized carbons (Fsp3) is 0.294. The molecule has 0 heterocycles. The highest BCUT2D eigenvalue weighted by molar-refractivity contribution is 6.22. The van der Waals surface area contributed by atoms with Gasteiger partial charge in [0.1, 0.15) is 0 Å². The zero-order valence-corrected chi connectivity index (χ0v) is 12.3. The second-order valence-corrected chi connectivity index (χ2v) is 5.42. The molecule has 2 aromatic carbocycles. The topological polar surface area (TPSA) is 0 Å². The molecular formula is C17H17ClF2. The van der Waals surface area contributed by atoms with E-state index < -0.39 is 17.0 Å². The second-order valence-electron chi connectivity index (χ2n) is 4.98. The standard InChI is InChI=1S/C17H17ClF2/c1-3-11(2)12-7-9-13(10-8-12)16(18)14-5-4-6-15(19)17(14)20/h4-11,16H,3H2,1-2H3. The monoisotopic (exact) mass is 294 g/mol. The van der Waals surface area contributed by atoms with E-state index in [1.54, 1.807) is 0 Å². The van der Waals surface area contributed by atoms with Crippen LogP contribution in [0.5, 0.6) is 0 Å². The summed E-state index contributed by atoms with van der Waals surface area (Å²) < 4.78 is 27.0. The van der Waals surface area contributed by atoms with E-state index in [-0.39, 0.29) is 5.56 Å². The molecule has 3 heteroatoms. The van der Waals surface area contributed by atoms with Crippen molar-refractivity contribution in [2.75, 3.05) is 0 Å². The Balaban J connectivity index is 2.29. The van der Waals surface area contributed by atoms with E-state index in [4.69, 9.17) is 11.6 Å². The average Bonchev–Trinajstić information content (AvgIpc) is 2.48. The Bertz CT molecular complexity index is 578. The lowest BCUT2D eigenvalue weighted by atomic mass is 9.96. The van der Waals surface area contributed by atoms with Gasteiger partial charge in [0, 0.05) is 5.56 Å². The van der Waals surface area contributed by atoms with Crippen LogP contribution in [0.25, 0.3) is 0 Å². The quantitative estimate of drug-likeness (QED) is 0.625. The molecule has 0 N–H and O–H groups in total. The normalized spacial score (nSPS) is 14.1. The largest absolute Gasteiger partial charge is 0.204 e. The first-order valence-corrected chi connectivity index (χ1v) is 7.16. The maximum atomic E-state index is 13.7. The van der Waals surface area contributed by atoms with Crippen LogP contribution < -0.4 is 0 Å². The van der Waals surface area contributed by atoms with Crippen LogP contribution in [0.1, 0.15) is 48.3 Å². The van der Waals surface area contributed by atoms with Crippen LogP contribution in [-0.4, -0.2) is 0 Å². The number of benzene rings is 2. The third kappa shape index (κ3) is 3.01. The fourth-order valence-corrected chi connectivity index (χ4v) is 2.44. The highest BCUT2D eigenvalue weighted by atomic mass is 35.5. The summed E-state index contributed by atoms with van der Waals surface area (Å²) in [5.41, 5.74) is 2.16. The summed E-state index contributed by atoms with van der Waals surface area (Å²) >= 11 is 6.27. The van der Waals surface area contributed by atoms with Gasteiger partial charge in [-0.3, -0.25) is 0 Å². The molecule has 0 spiro atoms. The molecule has 0 amide bonds. The summed E-state index contributed by atoms with van der Waals surface area (Å²) in [6, 6.07) is 11.8. The lowest BCUT2D eigenvalue weighted by Gasteiger charge is -2.14. The first-order valence-electron chi connectivity index (χ1n) is 6.72. The molecule has 106 valence electrons. The van der Waals surface area contributed by atoms with Crippen LogP contribution in [0.3, 0.4) is 0 Å². The lowest BCUT2D eigenvalue weighted by Crippen LogP contribution is -2.00. The van der Waals surface area contributed by atoms with E-state index in [9.17, 15) is 8.78 Å². The molecule has 2 aromatic rings. The van der Waals surface area contributed by atoms with Gasteiger partial charge in [-0.2, -0.15) is 0 Å². The van der Waals surface area contributed by atoms with Crippen molar-refractivity contribution in [3.8, 4) is 0 Å². The summed E-state index contributed by atoms with van der Waals surface area (Å²) in [6.07, 6.45) is 1.06. The smallest absolute Gasteiger partial charge is 0.163 e. The zero-order chi connectivity index (χ0) is 14.7. The summed E-state index contributed by atoms with van der Waals surface area (Å²) in [4.78, 5) is 0. The Morgan fingerprint density at radius 2 is 1.60 bits per heavy atom. The molecule has 0 fully saturated rings. The van der Waals surface area contributed by atoms with Gasteiger partial charge in [0.2, 0.25) is 0 Å². The van der Waals surface area contributed by atoms with Gasteiger partial charge >= 0.3 is 0 Å². The maximum Gasteiger partial charge on any atom is 0.163 e. The van der Waals surface area contributed by atoms with E-state index in [0.717, 1.165) is 18.1 Å². The third-order valence-electron chi connectivity index (χ3n) is 3.67. The van der Waals surface area contributed by atoms with Crippen LogP contribution in [0.4, 0.5) is 8.78 Å². The molecule has 2 rings (SSSR count). The van der Waals surface area contributed by atoms with Gasteiger partial charge < -0.3 is 0 Å². The molecule has 0 aromatic heterocycles. The highest BCUT2D eigenvalue weighted by Crippen LogP contribution is 2.32. The molecule has 2 unspecified atom stereocenters. The van der Waals surface area contributed by atoms with Gasteiger partial charge in [0.25, 0.3) is 0 Å². The second kappa shape index (κ2) is 6.36. The predicted molar refractivity (Wildman–Crippen MR) is 79.2 cm³/mol. The van der Waals surface area contributed by atoms with Crippen molar-refractivity contribution in [1.82, 2.24) is 0 Å². The van der Waals surface area contributed by atoms with Gasteiger partial charge in [-0.25, -0.2) is 8.78 Å². The molecule has 2 atom stereocenters. The van der Waals surface area contributed by atoms with Gasteiger partial charge in [-0.15, -0.1) is 11.6 Å². The van der Waals surface area contributed by atoms with Crippen molar-refractivity contribution in [1.29, 1.82) is 0 Å². The number of alkyl halides is 1. The molecule has 20 heavy (non-hydrogen) atoms. The Kier molecular flexibility index (Phi) is 4.77. The van der Waals surface area contributed by atoms with Gasteiger partial charge in [-0.05, 0) is 29.5 Å². The Morgan fingerprint density at radius 1 is 1.00 bits per heavy atom. The minimum atomic E-state index is -0.876. The SMILES string of the molecule is CCC(C)c1ccc(C(Cl)c2cccc(F)c2F)cc1. The number of hydrogen-bond acceptors (Lipinski definition) is 0. The van der Waals surface area contributed by atoms with Crippen molar-refractivity contribution < 1.29 is 8.78 Å². The van der Waals surface area contributed by atoms with E-state index >= 15 is 0 Å². The maximum absolute atomic E-state index is 13.7. The predicted octanol–water partition coefficient (Wildman–Crippen LogP) is 5.81. The van der Waals surface area contributed by atoms with Crippen LogP contribution in [-0.2, 0) is 0 Å². The Morgan fingerprint density at radius 3 is 2.20 bits per heavy atom. The number of halogens is 3. The van der Waals surface area contributed by atoms with E-state index in [2.05, 4.69) is 13.8 Å². The van der Waals surface area contributed by atoms with Crippen molar-refractivity contribution in [3.63, 3.8) is 0 Å². The summed E-state index contributed by atoms with van der Waals surface area (Å²) in [5, 5.41) is -0.684. The molecule has 0 aliphatic carbocycles. The summed E-state index contributed by atoms with van der Waals surface area (Å²) in [6.45, 7) is 4.28. The molecule has 0 aliphatic heterocycles. The van der Waals surface area contributed by atoms with E-state index in [1.807, 2.05) is 24.3 Å². The molecule has 0 nitrogen and oxygen atoms in total. The van der Waals surface area contributed by atoms with E-state index in [1.165, 1.54) is 17.7 Å². The highest BCUT2D eigenvalue weighted by Gasteiger charge is 2.17. The minimum absolute atomic E-state index is 0.169.